The molecule has 0 saturated carbocycles. The van der Waals surface area contributed by atoms with Crippen molar-refractivity contribution in [1.82, 2.24) is 10.2 Å². The molecule has 0 aliphatic rings. The molecule has 0 heterocycles. The first kappa shape index (κ1) is 16.2. The van der Waals surface area contributed by atoms with Crippen molar-refractivity contribution in [2.75, 3.05) is 26.7 Å². The first-order valence-corrected chi connectivity index (χ1v) is 7.65. The third-order valence-corrected chi connectivity index (χ3v) is 3.46. The Kier molecular flexibility index (Phi) is 8.52. The molecule has 2 nitrogen and oxygen atoms in total. The molecule has 0 fully saturated rings. The van der Waals surface area contributed by atoms with Crippen molar-refractivity contribution < 1.29 is 0 Å². The molecule has 1 rings (SSSR count). The van der Waals surface area contributed by atoms with Crippen LogP contribution in [0.4, 0.5) is 0 Å². The van der Waals surface area contributed by atoms with Crippen LogP contribution in [0.25, 0.3) is 0 Å². The standard InChI is InChI=1S/C17H30N2/c1-4-9-16(2)14-18-12-8-13-19(3)15-17-10-6-5-7-11-17/h5-7,10-11,16,18H,4,8-9,12-15H2,1-3H3. The third kappa shape index (κ3) is 8.02. The Labute approximate surface area is 119 Å². The number of nitrogens with one attached hydrogen (secondary N) is 1. The predicted molar refractivity (Wildman–Crippen MR) is 84.3 cm³/mol. The summed E-state index contributed by atoms with van der Waals surface area (Å²) in [5, 5.41) is 3.56. The third-order valence-electron chi connectivity index (χ3n) is 3.46. The minimum atomic E-state index is 0.812. The van der Waals surface area contributed by atoms with E-state index in [0.29, 0.717) is 0 Å². The molecule has 1 aromatic rings. The number of nitrogens with zero attached hydrogens (tertiary/aromatic N) is 1. The molecule has 0 bridgehead atoms. The van der Waals surface area contributed by atoms with E-state index in [2.05, 4.69) is 61.4 Å². The van der Waals surface area contributed by atoms with E-state index in [1.54, 1.807) is 0 Å². The summed E-state index contributed by atoms with van der Waals surface area (Å²) in [6.45, 7) is 9.09. The van der Waals surface area contributed by atoms with Gasteiger partial charge in [0.1, 0.15) is 0 Å². The average Bonchev–Trinajstić information content (AvgIpc) is 2.40. The van der Waals surface area contributed by atoms with E-state index in [4.69, 9.17) is 0 Å². The lowest BCUT2D eigenvalue weighted by molar-refractivity contribution is 0.317. The maximum absolute atomic E-state index is 3.56. The first-order valence-electron chi connectivity index (χ1n) is 7.65. The number of rotatable bonds is 10. The van der Waals surface area contributed by atoms with Gasteiger partial charge in [0.15, 0.2) is 0 Å². The largest absolute Gasteiger partial charge is 0.316 e. The first-order chi connectivity index (χ1) is 9.22. The van der Waals surface area contributed by atoms with Gasteiger partial charge in [-0.1, -0.05) is 50.6 Å². The molecule has 1 N–H and O–H groups in total. The van der Waals surface area contributed by atoms with Crippen molar-refractivity contribution in [2.45, 2.75) is 39.7 Å². The van der Waals surface area contributed by atoms with Crippen LogP contribution in [0.2, 0.25) is 0 Å². The Bertz CT molecular complexity index is 310. The number of benzene rings is 1. The lowest BCUT2D eigenvalue weighted by Crippen LogP contribution is -2.26. The van der Waals surface area contributed by atoms with Gasteiger partial charge in [-0.15, -0.1) is 0 Å². The number of hydrogen-bond acceptors (Lipinski definition) is 2. The molecule has 0 spiro atoms. The summed E-state index contributed by atoms with van der Waals surface area (Å²) in [4.78, 5) is 2.40. The fourth-order valence-corrected chi connectivity index (χ4v) is 2.39. The maximum Gasteiger partial charge on any atom is 0.0230 e. The van der Waals surface area contributed by atoms with Gasteiger partial charge in [0.25, 0.3) is 0 Å². The molecule has 0 saturated heterocycles. The molecular weight excluding hydrogens is 232 g/mol. The summed E-state index contributed by atoms with van der Waals surface area (Å²) in [6.07, 6.45) is 3.85. The van der Waals surface area contributed by atoms with Crippen LogP contribution in [0.5, 0.6) is 0 Å². The molecule has 2 heteroatoms. The van der Waals surface area contributed by atoms with Crippen LogP contribution in [0, 0.1) is 5.92 Å². The summed E-state index contributed by atoms with van der Waals surface area (Å²) >= 11 is 0. The van der Waals surface area contributed by atoms with Gasteiger partial charge in [0, 0.05) is 6.54 Å². The van der Waals surface area contributed by atoms with Crippen LogP contribution >= 0.6 is 0 Å². The van der Waals surface area contributed by atoms with Gasteiger partial charge < -0.3 is 10.2 Å². The van der Waals surface area contributed by atoms with Crippen LogP contribution in [-0.2, 0) is 6.54 Å². The second-order valence-electron chi connectivity index (χ2n) is 5.67. The van der Waals surface area contributed by atoms with Crippen molar-refractivity contribution in [2.24, 2.45) is 5.92 Å². The number of hydrogen-bond donors (Lipinski definition) is 1. The van der Waals surface area contributed by atoms with Crippen molar-refractivity contribution in [3.05, 3.63) is 35.9 Å². The molecule has 0 amide bonds. The zero-order valence-electron chi connectivity index (χ0n) is 12.9. The minimum absolute atomic E-state index is 0.812. The molecule has 108 valence electrons. The molecule has 1 atom stereocenters. The van der Waals surface area contributed by atoms with Crippen LogP contribution in [-0.4, -0.2) is 31.6 Å². The Morgan fingerprint density at radius 2 is 1.95 bits per heavy atom. The van der Waals surface area contributed by atoms with Gasteiger partial charge in [-0.2, -0.15) is 0 Å². The fraction of sp³-hybridized carbons (Fsp3) is 0.647. The second-order valence-corrected chi connectivity index (χ2v) is 5.67. The topological polar surface area (TPSA) is 15.3 Å². The zero-order valence-corrected chi connectivity index (χ0v) is 12.9. The molecule has 0 aliphatic heterocycles. The molecule has 19 heavy (non-hydrogen) atoms. The summed E-state index contributed by atoms with van der Waals surface area (Å²) in [7, 11) is 2.20. The smallest absolute Gasteiger partial charge is 0.0230 e. The van der Waals surface area contributed by atoms with Crippen molar-refractivity contribution in [1.29, 1.82) is 0 Å². The normalized spacial score (nSPS) is 12.8. The SMILES string of the molecule is CCCC(C)CNCCCN(C)Cc1ccccc1. The molecule has 0 aliphatic carbocycles. The monoisotopic (exact) mass is 262 g/mol. The average molecular weight is 262 g/mol. The van der Waals surface area contributed by atoms with Crippen LogP contribution < -0.4 is 5.32 Å². The lowest BCUT2D eigenvalue weighted by atomic mass is 10.1. The van der Waals surface area contributed by atoms with E-state index in [-0.39, 0.29) is 0 Å². The Morgan fingerprint density at radius 1 is 1.21 bits per heavy atom. The van der Waals surface area contributed by atoms with Gasteiger partial charge in [0.2, 0.25) is 0 Å². The highest BCUT2D eigenvalue weighted by molar-refractivity contribution is 5.14. The van der Waals surface area contributed by atoms with Crippen LogP contribution in [0.1, 0.15) is 38.7 Å². The molecule has 1 aromatic carbocycles. The van der Waals surface area contributed by atoms with E-state index in [1.165, 1.54) is 24.8 Å². The summed E-state index contributed by atoms with van der Waals surface area (Å²) in [6, 6.07) is 10.7. The second kappa shape index (κ2) is 9.99. The highest BCUT2D eigenvalue weighted by Gasteiger charge is 2.01. The minimum Gasteiger partial charge on any atom is -0.316 e. The van der Waals surface area contributed by atoms with Gasteiger partial charge in [-0.05, 0) is 51.0 Å². The lowest BCUT2D eigenvalue weighted by Gasteiger charge is -2.17. The maximum atomic E-state index is 3.56. The van der Waals surface area contributed by atoms with E-state index >= 15 is 0 Å². The van der Waals surface area contributed by atoms with Crippen molar-refractivity contribution in [3.8, 4) is 0 Å². The highest BCUT2D eigenvalue weighted by atomic mass is 15.1. The predicted octanol–water partition coefficient (Wildman–Crippen LogP) is 3.53. The molecule has 1 unspecified atom stereocenters. The van der Waals surface area contributed by atoms with E-state index in [1.807, 2.05) is 0 Å². The van der Waals surface area contributed by atoms with E-state index < -0.39 is 0 Å². The summed E-state index contributed by atoms with van der Waals surface area (Å²) in [5.41, 5.74) is 1.40. The fourth-order valence-electron chi connectivity index (χ4n) is 2.39. The Hall–Kier alpha value is -0.860. The van der Waals surface area contributed by atoms with E-state index in [9.17, 15) is 0 Å². The van der Waals surface area contributed by atoms with Crippen LogP contribution in [0.3, 0.4) is 0 Å². The Morgan fingerprint density at radius 3 is 2.63 bits per heavy atom. The Balaban J connectivity index is 2.03. The van der Waals surface area contributed by atoms with Gasteiger partial charge >= 0.3 is 0 Å². The van der Waals surface area contributed by atoms with Gasteiger partial charge in [0.05, 0.1) is 0 Å². The van der Waals surface area contributed by atoms with Gasteiger partial charge in [-0.25, -0.2) is 0 Å². The van der Waals surface area contributed by atoms with Crippen LogP contribution in [0.15, 0.2) is 30.3 Å². The van der Waals surface area contributed by atoms with Gasteiger partial charge in [-0.3, -0.25) is 0 Å². The molecule has 0 radical (unpaired) electrons. The molecule has 0 aromatic heterocycles. The van der Waals surface area contributed by atoms with E-state index in [0.717, 1.165) is 32.1 Å². The van der Waals surface area contributed by atoms with Crippen molar-refractivity contribution >= 4 is 0 Å². The zero-order chi connectivity index (χ0) is 13.9. The molecular formula is C17H30N2. The summed E-state index contributed by atoms with van der Waals surface area (Å²) < 4.78 is 0. The van der Waals surface area contributed by atoms with Crippen molar-refractivity contribution in [3.63, 3.8) is 0 Å². The quantitative estimate of drug-likeness (QED) is 0.649. The highest BCUT2D eigenvalue weighted by Crippen LogP contribution is 2.04. The summed E-state index contributed by atoms with van der Waals surface area (Å²) in [5.74, 6) is 0.812.